The molecule has 2 heterocycles. The lowest BCUT2D eigenvalue weighted by molar-refractivity contribution is -0.124. The van der Waals surface area contributed by atoms with Gasteiger partial charge < -0.3 is 19.4 Å². The lowest BCUT2D eigenvalue weighted by Gasteiger charge is -2.38. The molecule has 0 spiro atoms. The number of ketones is 1. The van der Waals surface area contributed by atoms with Crippen LogP contribution in [-0.2, 0) is 11.2 Å². The van der Waals surface area contributed by atoms with Gasteiger partial charge in [-0.25, -0.2) is 4.39 Å². The molecule has 4 rings (SSSR count). The molecule has 8 nitrogen and oxygen atoms in total. The Balaban J connectivity index is 1.52. The first-order chi connectivity index (χ1) is 16.1. The van der Waals surface area contributed by atoms with Crippen molar-refractivity contribution in [2.75, 3.05) is 27.2 Å². The molecule has 1 N–H and O–H groups in total. The van der Waals surface area contributed by atoms with Crippen LogP contribution in [0.2, 0.25) is 5.02 Å². The monoisotopic (exact) mass is 487 g/mol. The number of amides is 2. The molecular formula is C24H23ClFN3O5. The van der Waals surface area contributed by atoms with Gasteiger partial charge in [-0.1, -0.05) is 28.9 Å². The molecule has 0 saturated carbocycles. The first-order valence-corrected chi connectivity index (χ1v) is 11.1. The van der Waals surface area contributed by atoms with Crippen LogP contribution in [0.15, 0.2) is 40.9 Å². The first kappa shape index (κ1) is 23.8. The molecular weight excluding hydrogens is 465 g/mol. The summed E-state index contributed by atoms with van der Waals surface area (Å²) in [7, 11) is 2.89. The number of aliphatic hydroxyl groups is 1. The first-order valence-electron chi connectivity index (χ1n) is 10.7. The van der Waals surface area contributed by atoms with Gasteiger partial charge in [-0.15, -0.1) is 0 Å². The van der Waals surface area contributed by atoms with Crippen LogP contribution in [0.4, 0.5) is 4.39 Å². The van der Waals surface area contributed by atoms with Crippen molar-refractivity contribution < 1.29 is 28.4 Å². The third-order valence-corrected chi connectivity index (χ3v) is 6.34. The van der Waals surface area contributed by atoms with Crippen molar-refractivity contribution in [2.24, 2.45) is 0 Å². The minimum Gasteiger partial charge on any atom is -0.389 e. The summed E-state index contributed by atoms with van der Waals surface area (Å²) in [5.74, 6) is -2.62. The van der Waals surface area contributed by atoms with E-state index in [2.05, 4.69) is 5.16 Å². The molecule has 2 amide bonds. The number of carbonyl (C=O) groups excluding carboxylic acids is 3. The van der Waals surface area contributed by atoms with Crippen molar-refractivity contribution >= 4 is 40.1 Å². The maximum atomic E-state index is 13.2. The fourth-order valence-corrected chi connectivity index (χ4v) is 4.29. The Kier molecular flexibility index (Phi) is 6.42. The van der Waals surface area contributed by atoms with Crippen LogP contribution in [0.3, 0.4) is 0 Å². The number of rotatable bonds is 5. The van der Waals surface area contributed by atoms with Crippen LogP contribution < -0.4 is 0 Å². The molecule has 0 bridgehead atoms. The van der Waals surface area contributed by atoms with Gasteiger partial charge in [-0.3, -0.25) is 14.4 Å². The zero-order chi connectivity index (χ0) is 24.6. The Morgan fingerprint density at radius 1 is 1.18 bits per heavy atom. The Morgan fingerprint density at radius 2 is 1.82 bits per heavy atom. The summed E-state index contributed by atoms with van der Waals surface area (Å²) in [6, 6.07) is 8.80. The normalized spacial score (nSPS) is 15.4. The van der Waals surface area contributed by atoms with Crippen molar-refractivity contribution in [1.82, 2.24) is 15.0 Å². The minimum absolute atomic E-state index is 0.135. The van der Waals surface area contributed by atoms with E-state index in [0.717, 1.165) is 10.5 Å². The molecule has 1 saturated heterocycles. The fraction of sp³-hybridized carbons (Fsp3) is 0.333. The number of hydrogen-bond acceptors (Lipinski definition) is 6. The molecule has 1 aliphatic heterocycles. The van der Waals surface area contributed by atoms with E-state index in [0.29, 0.717) is 32.4 Å². The number of hydrogen-bond donors (Lipinski definition) is 1. The van der Waals surface area contributed by atoms with Crippen molar-refractivity contribution in [1.29, 1.82) is 0 Å². The summed E-state index contributed by atoms with van der Waals surface area (Å²) in [6.07, 6.45) is 1.03. The summed E-state index contributed by atoms with van der Waals surface area (Å²) < 4.78 is 18.2. The van der Waals surface area contributed by atoms with Gasteiger partial charge in [0.15, 0.2) is 0 Å². The van der Waals surface area contributed by atoms with Gasteiger partial charge in [-0.05, 0) is 42.7 Å². The van der Waals surface area contributed by atoms with Crippen LogP contribution in [0.1, 0.15) is 39.3 Å². The summed E-state index contributed by atoms with van der Waals surface area (Å²) in [6.45, 7) is 0.582. The minimum atomic E-state index is -1.01. The molecule has 0 aliphatic carbocycles. The summed E-state index contributed by atoms with van der Waals surface area (Å²) in [4.78, 5) is 40.5. The highest BCUT2D eigenvalue weighted by Crippen LogP contribution is 2.31. The summed E-state index contributed by atoms with van der Waals surface area (Å²) in [5, 5.41) is 15.1. The van der Waals surface area contributed by atoms with Crippen molar-refractivity contribution in [3.8, 4) is 0 Å². The van der Waals surface area contributed by atoms with E-state index in [1.54, 1.807) is 17.0 Å². The smallest absolute Gasteiger partial charge is 0.297 e. The quantitative estimate of drug-likeness (QED) is 0.438. The van der Waals surface area contributed by atoms with Crippen molar-refractivity contribution in [2.45, 2.75) is 24.9 Å². The molecule has 1 fully saturated rings. The molecule has 178 valence electrons. The highest BCUT2D eigenvalue weighted by Gasteiger charge is 2.35. The average molecular weight is 488 g/mol. The number of benzene rings is 2. The maximum absolute atomic E-state index is 13.2. The maximum Gasteiger partial charge on any atom is 0.297 e. The molecule has 0 unspecified atom stereocenters. The van der Waals surface area contributed by atoms with E-state index in [9.17, 15) is 23.9 Å². The molecule has 0 radical (unpaired) electrons. The predicted molar refractivity (Wildman–Crippen MR) is 122 cm³/mol. The van der Waals surface area contributed by atoms with Crippen LogP contribution in [0.5, 0.6) is 0 Å². The molecule has 1 aliphatic rings. The number of likely N-dealkylation sites (N-methyl/N-ethyl adjacent to an activating group) is 1. The van der Waals surface area contributed by atoms with Gasteiger partial charge >= 0.3 is 0 Å². The standard InChI is InChI=1S/C24H23ClFN3O5/c1-28(2)23(32)20(30)21-17-11-16(18(25)12-19(17)27-34-21)22(31)29-9-7-24(33,8-10-29)13-14-3-5-15(26)6-4-14/h3-6,11-12,33H,7-10,13H2,1-2H3. The number of carbonyl (C=O) groups is 3. The number of piperidine rings is 1. The summed E-state index contributed by atoms with van der Waals surface area (Å²) >= 11 is 6.33. The zero-order valence-electron chi connectivity index (χ0n) is 18.7. The second kappa shape index (κ2) is 9.15. The van der Waals surface area contributed by atoms with Crippen molar-refractivity contribution in [3.05, 3.63) is 64.1 Å². The number of likely N-dealkylation sites (tertiary alicyclic amines) is 1. The molecule has 34 heavy (non-hydrogen) atoms. The van der Waals surface area contributed by atoms with Crippen LogP contribution in [0, 0.1) is 5.82 Å². The largest absolute Gasteiger partial charge is 0.389 e. The van der Waals surface area contributed by atoms with Crippen LogP contribution in [-0.4, -0.2) is 70.4 Å². The van der Waals surface area contributed by atoms with E-state index >= 15 is 0 Å². The van der Waals surface area contributed by atoms with E-state index in [1.807, 2.05) is 0 Å². The van der Waals surface area contributed by atoms with Gasteiger partial charge in [0, 0.05) is 33.6 Å². The predicted octanol–water partition coefficient (Wildman–Crippen LogP) is 3.10. The van der Waals surface area contributed by atoms with E-state index in [-0.39, 0.29) is 39.0 Å². The van der Waals surface area contributed by atoms with Gasteiger partial charge in [0.2, 0.25) is 5.76 Å². The van der Waals surface area contributed by atoms with Gasteiger partial charge in [0.25, 0.3) is 17.6 Å². The topological polar surface area (TPSA) is 104 Å². The Hall–Kier alpha value is -3.30. The SMILES string of the molecule is CN(C)C(=O)C(=O)c1onc2cc(Cl)c(C(=O)N3CCC(O)(Cc4ccc(F)cc4)CC3)cc12. The van der Waals surface area contributed by atoms with Gasteiger partial charge in [0.1, 0.15) is 11.3 Å². The van der Waals surface area contributed by atoms with E-state index in [1.165, 1.54) is 38.4 Å². The Morgan fingerprint density at radius 3 is 2.44 bits per heavy atom. The number of Topliss-reactive ketones (excluding diaryl/α,β-unsaturated/α-hetero) is 1. The fourth-order valence-electron chi connectivity index (χ4n) is 4.05. The van der Waals surface area contributed by atoms with Crippen LogP contribution >= 0.6 is 11.6 Å². The Labute approximate surface area is 199 Å². The molecule has 1 aromatic heterocycles. The van der Waals surface area contributed by atoms with Crippen molar-refractivity contribution in [3.63, 3.8) is 0 Å². The highest BCUT2D eigenvalue weighted by molar-refractivity contribution is 6.44. The van der Waals surface area contributed by atoms with Crippen LogP contribution in [0.25, 0.3) is 10.9 Å². The molecule has 3 aromatic rings. The summed E-state index contributed by atoms with van der Waals surface area (Å²) in [5.41, 5.74) is 0.203. The zero-order valence-corrected chi connectivity index (χ0v) is 19.4. The van der Waals surface area contributed by atoms with E-state index in [4.69, 9.17) is 16.1 Å². The number of halogens is 2. The van der Waals surface area contributed by atoms with Gasteiger partial charge in [-0.2, -0.15) is 0 Å². The van der Waals surface area contributed by atoms with Gasteiger partial charge in [0.05, 0.1) is 21.6 Å². The third kappa shape index (κ3) is 4.67. The molecule has 10 heteroatoms. The Bertz CT molecular complexity index is 1260. The third-order valence-electron chi connectivity index (χ3n) is 6.03. The lowest BCUT2D eigenvalue weighted by atomic mass is 9.85. The number of fused-ring (bicyclic) bond motifs is 1. The second-order valence-electron chi connectivity index (χ2n) is 8.71. The number of nitrogens with zero attached hydrogens (tertiary/aromatic N) is 3. The van der Waals surface area contributed by atoms with E-state index < -0.39 is 17.3 Å². The highest BCUT2D eigenvalue weighted by atomic mass is 35.5. The lowest BCUT2D eigenvalue weighted by Crippen LogP contribution is -2.47. The second-order valence-corrected chi connectivity index (χ2v) is 9.12. The number of aromatic nitrogens is 1. The molecule has 2 aromatic carbocycles. The molecule has 0 atom stereocenters. The average Bonchev–Trinajstić information content (AvgIpc) is 3.21.